The van der Waals surface area contributed by atoms with Gasteiger partial charge in [0.15, 0.2) is 11.4 Å². The van der Waals surface area contributed by atoms with Gasteiger partial charge in [0, 0.05) is 44.7 Å². The van der Waals surface area contributed by atoms with Crippen molar-refractivity contribution in [1.82, 2.24) is 15.0 Å². The molecule has 3 aliphatic heterocycles. The van der Waals surface area contributed by atoms with Gasteiger partial charge in [-0.15, -0.1) is 0 Å². The highest BCUT2D eigenvalue weighted by Gasteiger charge is 2.34. The van der Waals surface area contributed by atoms with Gasteiger partial charge in [0.1, 0.15) is 11.5 Å². The summed E-state index contributed by atoms with van der Waals surface area (Å²) in [4.78, 5) is 7.58. The van der Waals surface area contributed by atoms with Gasteiger partial charge in [-0.05, 0) is 74.7 Å². The fourth-order valence-electron chi connectivity index (χ4n) is 5.99. The Labute approximate surface area is 207 Å². The Kier molecular flexibility index (Phi) is 6.53. The largest absolute Gasteiger partial charge is 0.497 e. The van der Waals surface area contributed by atoms with Crippen molar-refractivity contribution in [2.24, 2.45) is 5.92 Å². The lowest BCUT2D eigenvalue weighted by Crippen LogP contribution is -2.57. The molecule has 186 valence electrons. The fourth-order valence-corrected chi connectivity index (χ4v) is 5.99. The minimum Gasteiger partial charge on any atom is -0.497 e. The van der Waals surface area contributed by atoms with E-state index in [0.29, 0.717) is 12.0 Å². The number of hydrogen-bond donors (Lipinski definition) is 0. The molecular formula is C28H36N4O3. The number of benzene rings is 2. The molecule has 0 bridgehead atoms. The van der Waals surface area contributed by atoms with Crippen LogP contribution >= 0.6 is 0 Å². The third kappa shape index (κ3) is 4.98. The molecule has 1 aromatic heterocycles. The standard InChI is InChI=1S/C28H36N4O3/c1-33-24-9-10-27-26(16-24)28(29-35-27)32-14-13-31-18-22(7-8-23(31)19-32)20-34-25-6-4-5-21(15-25)17-30-11-2-3-12-30/h4-6,9-10,15-16,22-23H,2-3,7-8,11-14,17-20H2,1H3/t22-,23+/m1/s1. The van der Waals surface area contributed by atoms with Crippen LogP contribution < -0.4 is 14.4 Å². The van der Waals surface area contributed by atoms with Gasteiger partial charge in [-0.2, -0.15) is 0 Å². The average molecular weight is 477 g/mol. The maximum absolute atomic E-state index is 6.29. The zero-order valence-electron chi connectivity index (χ0n) is 20.7. The molecule has 3 aliphatic rings. The summed E-state index contributed by atoms with van der Waals surface area (Å²) in [5.74, 6) is 3.37. The molecule has 3 aromatic rings. The van der Waals surface area contributed by atoms with E-state index in [1.807, 2.05) is 18.2 Å². The first kappa shape index (κ1) is 22.7. The summed E-state index contributed by atoms with van der Waals surface area (Å²) < 4.78 is 17.3. The van der Waals surface area contributed by atoms with E-state index in [9.17, 15) is 0 Å². The van der Waals surface area contributed by atoms with Gasteiger partial charge < -0.3 is 18.9 Å². The van der Waals surface area contributed by atoms with Crippen molar-refractivity contribution in [3.63, 3.8) is 0 Å². The average Bonchev–Trinajstić information content (AvgIpc) is 3.57. The van der Waals surface area contributed by atoms with Crippen LogP contribution in [0.5, 0.6) is 11.5 Å². The number of piperazine rings is 1. The molecule has 7 heteroatoms. The first-order chi connectivity index (χ1) is 17.2. The number of ether oxygens (including phenoxy) is 2. The number of anilines is 1. The number of hydrogen-bond acceptors (Lipinski definition) is 7. The number of piperidine rings is 1. The molecule has 35 heavy (non-hydrogen) atoms. The van der Waals surface area contributed by atoms with Gasteiger partial charge in [0.25, 0.3) is 0 Å². The Bertz CT molecular complexity index is 1140. The molecule has 0 N–H and O–H groups in total. The number of aromatic nitrogens is 1. The summed E-state index contributed by atoms with van der Waals surface area (Å²) in [7, 11) is 1.70. The number of nitrogens with zero attached hydrogens (tertiary/aromatic N) is 4. The van der Waals surface area contributed by atoms with Crippen molar-refractivity contribution in [1.29, 1.82) is 0 Å². The Balaban J connectivity index is 1.03. The van der Waals surface area contributed by atoms with Crippen LogP contribution in [0.1, 0.15) is 31.2 Å². The second-order valence-corrected chi connectivity index (χ2v) is 10.3. The molecule has 2 aromatic carbocycles. The molecular weight excluding hydrogens is 440 g/mol. The van der Waals surface area contributed by atoms with Crippen LogP contribution in [0, 0.1) is 5.92 Å². The van der Waals surface area contributed by atoms with Crippen LogP contribution in [0.15, 0.2) is 47.0 Å². The normalized spacial score (nSPS) is 23.5. The SMILES string of the molecule is COc1ccc2onc(N3CCN4C[C@H](COc5cccc(CN6CCCC6)c5)CC[C@H]4C3)c2c1. The first-order valence-electron chi connectivity index (χ1n) is 13.1. The third-order valence-corrected chi connectivity index (χ3v) is 7.95. The molecule has 0 radical (unpaired) electrons. The van der Waals surface area contributed by atoms with E-state index in [1.54, 1.807) is 7.11 Å². The molecule has 3 fully saturated rings. The van der Waals surface area contributed by atoms with Gasteiger partial charge in [-0.1, -0.05) is 17.3 Å². The predicted octanol–water partition coefficient (Wildman–Crippen LogP) is 4.41. The van der Waals surface area contributed by atoms with Crippen LogP contribution in [0.25, 0.3) is 11.0 Å². The number of likely N-dealkylation sites (tertiary alicyclic amines) is 1. The van der Waals surface area contributed by atoms with Crippen LogP contribution in [0.2, 0.25) is 0 Å². The lowest BCUT2D eigenvalue weighted by Gasteiger charge is -2.46. The van der Waals surface area contributed by atoms with E-state index in [1.165, 1.54) is 44.3 Å². The van der Waals surface area contributed by atoms with E-state index in [4.69, 9.17) is 14.0 Å². The maximum atomic E-state index is 6.29. The lowest BCUT2D eigenvalue weighted by molar-refractivity contribution is 0.0726. The molecule has 6 rings (SSSR count). The maximum Gasteiger partial charge on any atom is 0.180 e. The number of fused-ring (bicyclic) bond motifs is 2. The lowest BCUT2D eigenvalue weighted by atomic mass is 9.91. The molecule has 7 nitrogen and oxygen atoms in total. The van der Waals surface area contributed by atoms with Gasteiger partial charge in [-0.3, -0.25) is 9.80 Å². The molecule has 0 unspecified atom stereocenters. The molecule has 4 heterocycles. The summed E-state index contributed by atoms with van der Waals surface area (Å²) >= 11 is 0. The van der Waals surface area contributed by atoms with E-state index >= 15 is 0 Å². The van der Waals surface area contributed by atoms with Crippen LogP contribution in [0.3, 0.4) is 0 Å². The number of rotatable bonds is 7. The molecule has 0 aliphatic carbocycles. The monoisotopic (exact) mass is 476 g/mol. The van der Waals surface area contributed by atoms with Gasteiger partial charge >= 0.3 is 0 Å². The van der Waals surface area contributed by atoms with Gasteiger partial charge in [-0.25, -0.2) is 0 Å². The first-order valence-corrected chi connectivity index (χ1v) is 13.1. The van der Waals surface area contributed by atoms with E-state index in [2.05, 4.69) is 44.1 Å². The molecule has 0 saturated carbocycles. The van der Waals surface area contributed by atoms with E-state index < -0.39 is 0 Å². The summed E-state index contributed by atoms with van der Waals surface area (Å²) in [6.45, 7) is 8.40. The minimum atomic E-state index is 0.557. The van der Waals surface area contributed by atoms with Crippen molar-refractivity contribution in [2.75, 3.05) is 57.9 Å². The van der Waals surface area contributed by atoms with Crippen LogP contribution in [-0.2, 0) is 6.54 Å². The smallest absolute Gasteiger partial charge is 0.180 e. The Hall–Kier alpha value is -2.77. The summed E-state index contributed by atoms with van der Waals surface area (Å²) in [5.41, 5.74) is 2.18. The quantitative estimate of drug-likeness (QED) is 0.501. The molecule has 0 spiro atoms. The predicted molar refractivity (Wildman–Crippen MR) is 137 cm³/mol. The molecule has 0 amide bonds. The fraction of sp³-hybridized carbons (Fsp3) is 0.536. The highest BCUT2D eigenvalue weighted by atomic mass is 16.5. The van der Waals surface area contributed by atoms with Crippen molar-refractivity contribution < 1.29 is 14.0 Å². The number of methoxy groups -OCH3 is 1. The van der Waals surface area contributed by atoms with E-state index in [-0.39, 0.29) is 0 Å². The van der Waals surface area contributed by atoms with Crippen LogP contribution in [-0.4, -0.2) is 74.0 Å². The zero-order chi connectivity index (χ0) is 23.6. The topological polar surface area (TPSA) is 54.2 Å². The Morgan fingerprint density at radius 2 is 1.89 bits per heavy atom. The summed E-state index contributed by atoms with van der Waals surface area (Å²) in [5, 5.41) is 5.44. The second kappa shape index (κ2) is 10.1. The highest BCUT2D eigenvalue weighted by molar-refractivity contribution is 5.89. The van der Waals surface area contributed by atoms with Crippen molar-refractivity contribution >= 4 is 16.8 Å². The highest BCUT2D eigenvalue weighted by Crippen LogP contribution is 2.33. The van der Waals surface area contributed by atoms with Crippen molar-refractivity contribution in [2.45, 2.75) is 38.3 Å². The Morgan fingerprint density at radius 1 is 0.971 bits per heavy atom. The summed E-state index contributed by atoms with van der Waals surface area (Å²) in [6.07, 6.45) is 5.06. The minimum absolute atomic E-state index is 0.557. The van der Waals surface area contributed by atoms with Gasteiger partial charge in [0.05, 0.1) is 19.1 Å². The molecule has 2 atom stereocenters. The van der Waals surface area contributed by atoms with Crippen molar-refractivity contribution in [3.8, 4) is 11.5 Å². The van der Waals surface area contributed by atoms with Crippen LogP contribution in [0.4, 0.5) is 5.82 Å². The second-order valence-electron chi connectivity index (χ2n) is 10.3. The molecule has 3 saturated heterocycles. The summed E-state index contributed by atoms with van der Waals surface area (Å²) in [6, 6.07) is 15.2. The van der Waals surface area contributed by atoms with Crippen molar-refractivity contribution in [3.05, 3.63) is 48.0 Å². The van der Waals surface area contributed by atoms with E-state index in [0.717, 1.165) is 67.6 Å². The third-order valence-electron chi connectivity index (χ3n) is 7.95. The Morgan fingerprint density at radius 3 is 2.77 bits per heavy atom. The zero-order valence-corrected chi connectivity index (χ0v) is 20.7. The van der Waals surface area contributed by atoms with Gasteiger partial charge in [0.2, 0.25) is 0 Å².